The van der Waals surface area contributed by atoms with Gasteiger partial charge in [0.15, 0.2) is 16.7 Å². The first kappa shape index (κ1) is 24.1. The number of benzene rings is 1. The number of nitrogens with zero attached hydrogens (tertiary/aromatic N) is 3. The minimum Gasteiger partial charge on any atom is -0.493 e. The Morgan fingerprint density at radius 2 is 1.78 bits per heavy atom. The number of methoxy groups -OCH3 is 2. The number of thioether (sulfide) groups is 1. The molecule has 1 amide bonds. The quantitative estimate of drug-likeness (QED) is 0.467. The van der Waals surface area contributed by atoms with E-state index in [0.717, 1.165) is 17.8 Å². The summed E-state index contributed by atoms with van der Waals surface area (Å²) in [7, 11) is 2.90. The van der Waals surface area contributed by atoms with Crippen molar-refractivity contribution < 1.29 is 32.2 Å². The van der Waals surface area contributed by atoms with Gasteiger partial charge in [-0.25, -0.2) is 9.97 Å². The van der Waals surface area contributed by atoms with E-state index < -0.39 is 11.9 Å². The third-order valence-corrected chi connectivity index (χ3v) is 5.60. The first-order valence-corrected chi connectivity index (χ1v) is 10.8. The number of aromatic nitrogens is 2. The number of rotatable bonds is 6. The minimum atomic E-state index is -4.66. The Kier molecular flexibility index (Phi) is 7.50. The van der Waals surface area contributed by atoms with E-state index in [1.54, 1.807) is 17.0 Å². The summed E-state index contributed by atoms with van der Waals surface area (Å²) in [5, 5.41) is -0.132. The van der Waals surface area contributed by atoms with Crippen LogP contribution in [-0.2, 0) is 15.7 Å². The number of ether oxygens (including phenoxy) is 3. The van der Waals surface area contributed by atoms with Gasteiger partial charge in [-0.1, -0.05) is 11.8 Å². The third kappa shape index (κ3) is 5.83. The molecule has 0 aliphatic carbocycles. The average Bonchev–Trinajstić information content (AvgIpc) is 2.75. The van der Waals surface area contributed by atoms with Crippen LogP contribution in [0.5, 0.6) is 11.5 Å². The van der Waals surface area contributed by atoms with Crippen LogP contribution in [0.15, 0.2) is 29.4 Å². The SMILES string of the molecule is COc1ccc(-c2cc(C(F)(F)F)nc(SCC(=O)N3C[C@@H](C)O[C@H](C)C3)n2)cc1OC. The zero-order valence-electron chi connectivity index (χ0n) is 18.1. The highest BCUT2D eigenvalue weighted by atomic mass is 32.2. The first-order valence-electron chi connectivity index (χ1n) is 9.85. The lowest BCUT2D eigenvalue weighted by Crippen LogP contribution is -2.48. The topological polar surface area (TPSA) is 73.8 Å². The molecule has 1 fully saturated rings. The number of halogens is 3. The Morgan fingerprint density at radius 1 is 1.12 bits per heavy atom. The van der Waals surface area contributed by atoms with Crippen molar-refractivity contribution in [1.29, 1.82) is 0 Å². The maximum Gasteiger partial charge on any atom is 0.433 e. The van der Waals surface area contributed by atoms with Crippen molar-refractivity contribution in [3.63, 3.8) is 0 Å². The van der Waals surface area contributed by atoms with Gasteiger partial charge in [-0.15, -0.1) is 0 Å². The highest BCUT2D eigenvalue weighted by Gasteiger charge is 2.34. The second kappa shape index (κ2) is 9.95. The number of carbonyl (C=O) groups excluding carboxylic acids is 1. The van der Waals surface area contributed by atoms with Crippen LogP contribution in [0, 0.1) is 0 Å². The molecule has 11 heteroatoms. The monoisotopic (exact) mass is 471 g/mol. The molecule has 0 N–H and O–H groups in total. The molecule has 0 bridgehead atoms. The molecule has 2 atom stereocenters. The van der Waals surface area contributed by atoms with Gasteiger partial charge in [-0.3, -0.25) is 4.79 Å². The van der Waals surface area contributed by atoms with Crippen molar-refractivity contribution in [2.75, 3.05) is 33.1 Å². The smallest absolute Gasteiger partial charge is 0.433 e. The van der Waals surface area contributed by atoms with Gasteiger partial charge >= 0.3 is 6.18 Å². The van der Waals surface area contributed by atoms with Crippen LogP contribution in [0.3, 0.4) is 0 Å². The Bertz CT molecular complexity index is 964. The Morgan fingerprint density at radius 3 is 2.38 bits per heavy atom. The fraction of sp³-hybridized carbons (Fsp3) is 0.476. The van der Waals surface area contributed by atoms with Gasteiger partial charge < -0.3 is 19.1 Å². The summed E-state index contributed by atoms with van der Waals surface area (Å²) in [6.45, 7) is 4.61. The standard InChI is InChI=1S/C21H24F3N3O4S/c1-12-9-27(10-13(2)31-12)19(28)11-32-20-25-15(8-18(26-20)21(22,23)24)14-5-6-16(29-3)17(7-14)30-4/h5-8,12-13H,9-11H2,1-4H3/t12-,13-/m1/s1. The molecule has 0 radical (unpaired) electrons. The summed E-state index contributed by atoms with van der Waals surface area (Å²) in [4.78, 5) is 22.1. The number of hydrogen-bond acceptors (Lipinski definition) is 7. The Balaban J connectivity index is 1.86. The first-order chi connectivity index (χ1) is 15.1. The van der Waals surface area contributed by atoms with E-state index in [-0.39, 0.29) is 34.7 Å². The number of morpholine rings is 1. The lowest BCUT2D eigenvalue weighted by atomic mass is 10.1. The molecule has 1 aromatic heterocycles. The molecule has 2 heterocycles. The van der Waals surface area contributed by atoms with Crippen LogP contribution in [-0.4, -0.2) is 66.0 Å². The summed E-state index contributed by atoms with van der Waals surface area (Å²) in [6, 6.07) is 5.58. The van der Waals surface area contributed by atoms with Crippen molar-refractivity contribution in [2.45, 2.75) is 37.4 Å². The van der Waals surface area contributed by atoms with Crippen molar-refractivity contribution in [1.82, 2.24) is 14.9 Å². The van der Waals surface area contributed by atoms with Gasteiger partial charge in [0.2, 0.25) is 5.91 Å². The van der Waals surface area contributed by atoms with Gasteiger partial charge in [0, 0.05) is 18.7 Å². The fourth-order valence-corrected chi connectivity index (χ4v) is 4.14. The van der Waals surface area contributed by atoms with Crippen LogP contribution in [0.2, 0.25) is 0 Å². The molecule has 1 saturated heterocycles. The molecule has 1 aliphatic rings. The van der Waals surface area contributed by atoms with Gasteiger partial charge in [0.1, 0.15) is 5.69 Å². The van der Waals surface area contributed by atoms with E-state index in [4.69, 9.17) is 14.2 Å². The van der Waals surface area contributed by atoms with Crippen molar-refractivity contribution in [2.24, 2.45) is 0 Å². The van der Waals surface area contributed by atoms with Gasteiger partial charge in [0.25, 0.3) is 0 Å². The molecule has 2 aromatic rings. The third-order valence-electron chi connectivity index (χ3n) is 4.77. The van der Waals surface area contributed by atoms with Crippen LogP contribution >= 0.6 is 11.8 Å². The van der Waals surface area contributed by atoms with Crippen LogP contribution in [0.25, 0.3) is 11.3 Å². The van der Waals surface area contributed by atoms with E-state index in [9.17, 15) is 18.0 Å². The highest BCUT2D eigenvalue weighted by Crippen LogP contribution is 2.35. The number of amides is 1. The van der Waals surface area contributed by atoms with Crippen molar-refractivity contribution >= 4 is 17.7 Å². The molecule has 1 aromatic carbocycles. The largest absolute Gasteiger partial charge is 0.493 e. The average molecular weight is 472 g/mol. The normalized spacial score (nSPS) is 19.0. The second-order valence-electron chi connectivity index (χ2n) is 7.33. The minimum absolute atomic E-state index is 0.0665. The summed E-state index contributed by atoms with van der Waals surface area (Å²) in [5.41, 5.74) is -0.614. The van der Waals surface area contributed by atoms with Crippen LogP contribution in [0.1, 0.15) is 19.5 Å². The molecule has 7 nitrogen and oxygen atoms in total. The molecular formula is C21H24F3N3O4S. The molecule has 1 aliphatic heterocycles. The maximum absolute atomic E-state index is 13.5. The zero-order chi connectivity index (χ0) is 23.5. The molecule has 3 rings (SSSR count). The predicted octanol–water partition coefficient (Wildman–Crippen LogP) is 3.91. The van der Waals surface area contributed by atoms with Crippen LogP contribution in [0.4, 0.5) is 13.2 Å². The molecule has 174 valence electrons. The van der Waals surface area contributed by atoms with E-state index in [2.05, 4.69) is 9.97 Å². The molecule has 32 heavy (non-hydrogen) atoms. The van der Waals surface area contributed by atoms with E-state index in [1.807, 2.05) is 13.8 Å². The molecule has 0 unspecified atom stereocenters. The van der Waals surface area contributed by atoms with Crippen LogP contribution < -0.4 is 9.47 Å². The van der Waals surface area contributed by atoms with E-state index in [1.165, 1.54) is 20.3 Å². The maximum atomic E-state index is 13.5. The van der Waals surface area contributed by atoms with Gasteiger partial charge in [-0.05, 0) is 38.1 Å². The zero-order valence-corrected chi connectivity index (χ0v) is 18.9. The number of hydrogen-bond donors (Lipinski definition) is 0. The summed E-state index contributed by atoms with van der Waals surface area (Å²) in [5.74, 6) is 0.518. The number of alkyl halides is 3. The molecule has 0 saturated carbocycles. The Hall–Kier alpha value is -2.53. The van der Waals surface area contributed by atoms with Gasteiger partial charge in [-0.2, -0.15) is 13.2 Å². The highest BCUT2D eigenvalue weighted by molar-refractivity contribution is 7.99. The summed E-state index contributed by atoms with van der Waals surface area (Å²) >= 11 is 0.871. The Labute approximate surface area is 188 Å². The predicted molar refractivity (Wildman–Crippen MR) is 113 cm³/mol. The number of carbonyl (C=O) groups is 1. The lowest BCUT2D eigenvalue weighted by Gasteiger charge is -2.35. The fourth-order valence-electron chi connectivity index (χ4n) is 3.38. The summed E-state index contributed by atoms with van der Waals surface area (Å²) in [6.07, 6.45) is -4.87. The van der Waals surface area contributed by atoms with Crippen molar-refractivity contribution in [3.8, 4) is 22.8 Å². The molecular weight excluding hydrogens is 447 g/mol. The van der Waals surface area contributed by atoms with E-state index >= 15 is 0 Å². The van der Waals surface area contributed by atoms with Crippen molar-refractivity contribution in [3.05, 3.63) is 30.0 Å². The lowest BCUT2D eigenvalue weighted by molar-refractivity contribution is -0.141. The van der Waals surface area contributed by atoms with Gasteiger partial charge in [0.05, 0.1) is 37.9 Å². The second-order valence-corrected chi connectivity index (χ2v) is 8.28. The van der Waals surface area contributed by atoms with E-state index in [0.29, 0.717) is 30.2 Å². The molecule has 0 spiro atoms. The summed E-state index contributed by atoms with van der Waals surface area (Å²) < 4.78 is 56.4.